The number of benzene rings is 3. The first-order chi connectivity index (χ1) is 12.7. The molecule has 4 rings (SSSR count). The molecule has 0 bridgehead atoms. The monoisotopic (exact) mass is 340 g/mol. The largest absolute Gasteiger partial charge is 0.456 e. The van der Waals surface area contributed by atoms with E-state index < -0.39 is 11.9 Å². The summed E-state index contributed by atoms with van der Waals surface area (Å²) in [6, 6.07) is 21.7. The zero-order valence-corrected chi connectivity index (χ0v) is 13.6. The summed E-state index contributed by atoms with van der Waals surface area (Å²) in [6.07, 6.45) is 0. The van der Waals surface area contributed by atoms with Gasteiger partial charge in [0.15, 0.2) is 0 Å². The summed E-state index contributed by atoms with van der Waals surface area (Å²) >= 11 is 0. The third-order valence-electron chi connectivity index (χ3n) is 3.84. The van der Waals surface area contributed by atoms with Gasteiger partial charge in [-0.05, 0) is 48.5 Å². The molecule has 1 aliphatic rings. The lowest BCUT2D eigenvalue weighted by Gasteiger charge is -2.07. The van der Waals surface area contributed by atoms with Gasteiger partial charge >= 0.3 is 11.9 Å². The summed E-state index contributed by atoms with van der Waals surface area (Å²) in [6.45, 7) is 0. The number of carbonyl (C=O) groups excluding carboxylic acids is 2. The van der Waals surface area contributed by atoms with Gasteiger partial charge in [0.25, 0.3) is 0 Å². The van der Waals surface area contributed by atoms with Crippen LogP contribution in [-0.2, 0) is 4.74 Å². The molecule has 4 heteroatoms. The van der Waals surface area contributed by atoms with Crippen LogP contribution in [0.1, 0.15) is 31.8 Å². The Labute approximate surface area is 150 Å². The van der Waals surface area contributed by atoms with Crippen molar-refractivity contribution in [2.75, 3.05) is 0 Å². The molecule has 1 heterocycles. The summed E-state index contributed by atoms with van der Waals surface area (Å²) in [4.78, 5) is 23.4. The van der Waals surface area contributed by atoms with Gasteiger partial charge in [0.2, 0.25) is 0 Å². The number of fused-ring (bicyclic) bond motifs is 1. The fourth-order valence-corrected chi connectivity index (χ4v) is 2.59. The van der Waals surface area contributed by atoms with Crippen molar-refractivity contribution in [1.29, 1.82) is 0 Å². The average Bonchev–Trinajstić information content (AvgIpc) is 2.97. The Morgan fingerprint density at radius 3 is 2.12 bits per heavy atom. The zero-order chi connectivity index (χ0) is 17.9. The van der Waals surface area contributed by atoms with Crippen LogP contribution in [0, 0.1) is 11.8 Å². The number of ether oxygens (including phenoxy) is 2. The number of carbonyl (C=O) groups is 2. The van der Waals surface area contributed by atoms with Crippen LogP contribution in [0.3, 0.4) is 0 Å². The first kappa shape index (κ1) is 15.7. The molecule has 3 aromatic rings. The molecule has 3 aromatic carbocycles. The molecule has 0 aliphatic carbocycles. The van der Waals surface area contributed by atoms with Crippen molar-refractivity contribution in [2.24, 2.45) is 0 Å². The van der Waals surface area contributed by atoms with Crippen LogP contribution in [-0.4, -0.2) is 11.9 Å². The smallest absolute Gasteiger partial charge is 0.350 e. The third-order valence-corrected chi connectivity index (χ3v) is 3.84. The molecule has 0 aromatic heterocycles. The summed E-state index contributed by atoms with van der Waals surface area (Å²) in [5, 5.41) is 0. The highest BCUT2D eigenvalue weighted by atomic mass is 16.6. The van der Waals surface area contributed by atoms with E-state index in [9.17, 15) is 9.59 Å². The van der Waals surface area contributed by atoms with Crippen LogP contribution in [0.25, 0.3) is 0 Å². The minimum Gasteiger partial charge on any atom is -0.456 e. The second-order valence-corrected chi connectivity index (χ2v) is 5.60. The van der Waals surface area contributed by atoms with Crippen LogP contribution >= 0.6 is 0 Å². The predicted molar refractivity (Wildman–Crippen MR) is 95.1 cm³/mol. The van der Waals surface area contributed by atoms with Crippen LogP contribution in [0.4, 0.5) is 0 Å². The van der Waals surface area contributed by atoms with Gasteiger partial charge in [0.1, 0.15) is 17.1 Å². The highest BCUT2D eigenvalue weighted by Crippen LogP contribution is 2.32. The lowest BCUT2D eigenvalue weighted by molar-refractivity contribution is 0.0443. The van der Waals surface area contributed by atoms with Crippen LogP contribution in [0.15, 0.2) is 72.8 Å². The molecule has 26 heavy (non-hydrogen) atoms. The third kappa shape index (κ3) is 3.06. The molecule has 0 fully saturated rings. The maximum atomic E-state index is 11.8. The molecule has 0 unspecified atom stereocenters. The van der Waals surface area contributed by atoms with E-state index in [1.807, 2.05) is 42.5 Å². The average molecular weight is 340 g/mol. The number of rotatable bonds is 2. The summed E-state index contributed by atoms with van der Waals surface area (Å²) < 4.78 is 10.4. The zero-order valence-electron chi connectivity index (χ0n) is 13.6. The normalized spacial score (nSPS) is 12.0. The Morgan fingerprint density at radius 2 is 1.38 bits per heavy atom. The minimum absolute atomic E-state index is 0.158. The molecule has 0 radical (unpaired) electrons. The van der Waals surface area contributed by atoms with Gasteiger partial charge in [0, 0.05) is 11.1 Å². The molecule has 1 aliphatic heterocycles. The fraction of sp³-hybridized carbons (Fsp3) is 0. The maximum absolute atomic E-state index is 11.8. The maximum Gasteiger partial charge on any atom is 0.350 e. The van der Waals surface area contributed by atoms with E-state index in [1.165, 1.54) is 6.07 Å². The van der Waals surface area contributed by atoms with Gasteiger partial charge in [-0.2, -0.15) is 0 Å². The van der Waals surface area contributed by atoms with Crippen molar-refractivity contribution in [2.45, 2.75) is 0 Å². The Kier molecular flexibility index (Phi) is 3.97. The molecule has 0 spiro atoms. The quantitative estimate of drug-likeness (QED) is 0.399. The van der Waals surface area contributed by atoms with Gasteiger partial charge in [-0.1, -0.05) is 36.1 Å². The van der Waals surface area contributed by atoms with Crippen LogP contribution in [0.5, 0.6) is 11.5 Å². The minimum atomic E-state index is -0.689. The van der Waals surface area contributed by atoms with Crippen LogP contribution in [0.2, 0.25) is 0 Å². The lowest BCUT2D eigenvalue weighted by Crippen LogP contribution is -1.98. The first-order valence-electron chi connectivity index (χ1n) is 7.95. The van der Waals surface area contributed by atoms with Gasteiger partial charge < -0.3 is 9.47 Å². The molecule has 0 N–H and O–H groups in total. The van der Waals surface area contributed by atoms with E-state index in [-0.39, 0.29) is 11.1 Å². The Hall–Kier alpha value is -3.84. The molecular formula is C22H12O4. The molecule has 0 saturated heterocycles. The van der Waals surface area contributed by atoms with E-state index in [2.05, 4.69) is 16.6 Å². The van der Waals surface area contributed by atoms with Crippen molar-refractivity contribution in [3.63, 3.8) is 0 Å². The molecular weight excluding hydrogens is 328 g/mol. The summed E-state index contributed by atoms with van der Waals surface area (Å²) in [7, 11) is 0. The molecule has 0 atom stereocenters. The van der Waals surface area contributed by atoms with E-state index in [0.29, 0.717) is 11.5 Å². The second-order valence-electron chi connectivity index (χ2n) is 5.60. The summed E-state index contributed by atoms with van der Waals surface area (Å²) in [5.41, 5.74) is 2.16. The van der Waals surface area contributed by atoms with Crippen molar-refractivity contribution in [3.8, 4) is 23.3 Å². The van der Waals surface area contributed by atoms with E-state index in [0.717, 1.165) is 11.1 Å². The number of esters is 2. The van der Waals surface area contributed by atoms with Crippen LogP contribution < -0.4 is 4.74 Å². The van der Waals surface area contributed by atoms with Crippen molar-refractivity contribution in [1.82, 2.24) is 0 Å². The fourth-order valence-electron chi connectivity index (χ4n) is 2.59. The Balaban J connectivity index is 1.56. The van der Waals surface area contributed by atoms with E-state index in [4.69, 9.17) is 4.74 Å². The van der Waals surface area contributed by atoms with E-state index in [1.54, 1.807) is 24.3 Å². The van der Waals surface area contributed by atoms with Gasteiger partial charge in [-0.15, -0.1) is 0 Å². The number of cyclic esters (lactones) is 2. The van der Waals surface area contributed by atoms with E-state index >= 15 is 0 Å². The predicted octanol–water partition coefficient (Wildman–Crippen LogP) is 4.19. The van der Waals surface area contributed by atoms with Crippen molar-refractivity contribution < 1.29 is 19.1 Å². The molecule has 0 amide bonds. The van der Waals surface area contributed by atoms with Crippen molar-refractivity contribution in [3.05, 3.63) is 95.1 Å². The Bertz CT molecular complexity index is 1050. The molecule has 4 nitrogen and oxygen atoms in total. The first-order valence-corrected chi connectivity index (χ1v) is 7.95. The Morgan fingerprint density at radius 1 is 0.692 bits per heavy atom. The number of hydrogen-bond donors (Lipinski definition) is 0. The molecule has 0 saturated carbocycles. The standard InChI is InChI=1S/C22H12O4/c23-21-18-7-4-8-19(20(18)22(24)26-21)25-17-13-11-16(12-14-17)10-9-15-5-2-1-3-6-15/h1-8,11-14H. The van der Waals surface area contributed by atoms with Gasteiger partial charge in [0.05, 0.1) is 5.56 Å². The van der Waals surface area contributed by atoms with Gasteiger partial charge in [-0.3, -0.25) is 0 Å². The SMILES string of the molecule is O=C1OC(=O)c2c(Oc3ccc(C#Cc4ccccc4)cc3)cccc21. The summed E-state index contributed by atoms with van der Waals surface area (Å²) in [5.74, 6) is 5.66. The topological polar surface area (TPSA) is 52.6 Å². The van der Waals surface area contributed by atoms with Gasteiger partial charge in [-0.25, -0.2) is 9.59 Å². The second kappa shape index (κ2) is 6.58. The molecule has 124 valence electrons. The number of hydrogen-bond acceptors (Lipinski definition) is 4. The highest BCUT2D eigenvalue weighted by molar-refractivity contribution is 6.16. The van der Waals surface area contributed by atoms with Crippen molar-refractivity contribution >= 4 is 11.9 Å². The lowest BCUT2D eigenvalue weighted by atomic mass is 10.1. The highest BCUT2D eigenvalue weighted by Gasteiger charge is 2.33.